The molecular weight excluding hydrogens is 264 g/mol. The molecule has 2 atom stereocenters. The van der Waals surface area contributed by atoms with E-state index in [9.17, 15) is 4.79 Å². The highest BCUT2D eigenvalue weighted by molar-refractivity contribution is 5.68. The van der Waals surface area contributed by atoms with Gasteiger partial charge in [0, 0.05) is 18.1 Å². The average molecular weight is 296 g/mol. The smallest absolute Gasteiger partial charge is 0.407 e. The number of rotatable bonds is 3. The molecule has 0 bridgehead atoms. The molecule has 0 spiro atoms. The molecule has 0 saturated heterocycles. The Labute approximate surface area is 129 Å². The zero-order valence-electron chi connectivity index (χ0n) is 14.1. The Balaban J connectivity index is 1.87. The predicted octanol–water partition coefficient (Wildman–Crippen LogP) is 3.60. The van der Waals surface area contributed by atoms with Crippen LogP contribution in [0.5, 0.6) is 0 Å². The molecule has 122 valence electrons. The lowest BCUT2D eigenvalue weighted by Gasteiger charge is -2.39. The van der Waals surface area contributed by atoms with Crippen LogP contribution in [0.2, 0.25) is 0 Å². The minimum absolute atomic E-state index is 0.207. The van der Waals surface area contributed by atoms with Gasteiger partial charge in [0.15, 0.2) is 0 Å². The van der Waals surface area contributed by atoms with Crippen molar-refractivity contribution >= 4 is 6.09 Å². The van der Waals surface area contributed by atoms with E-state index in [-0.39, 0.29) is 12.1 Å². The fourth-order valence-corrected chi connectivity index (χ4v) is 3.48. The average Bonchev–Trinajstić information content (AvgIpc) is 2.51. The topological polar surface area (TPSA) is 50.4 Å². The van der Waals surface area contributed by atoms with Crippen LogP contribution in [0.15, 0.2) is 0 Å². The SMILES string of the molecule is CC1CC(NC2CCCCCC2NC(=O)OC(C)(C)C)C1. The van der Waals surface area contributed by atoms with Crippen LogP contribution >= 0.6 is 0 Å². The Morgan fingerprint density at radius 3 is 2.24 bits per heavy atom. The fraction of sp³-hybridized carbons (Fsp3) is 0.941. The number of nitrogens with one attached hydrogen (secondary N) is 2. The zero-order valence-corrected chi connectivity index (χ0v) is 14.1. The van der Waals surface area contributed by atoms with Crippen molar-refractivity contribution in [3.63, 3.8) is 0 Å². The number of carbonyl (C=O) groups is 1. The quantitative estimate of drug-likeness (QED) is 0.782. The van der Waals surface area contributed by atoms with E-state index in [2.05, 4.69) is 17.6 Å². The monoisotopic (exact) mass is 296 g/mol. The first kappa shape index (κ1) is 16.6. The number of hydrogen-bond acceptors (Lipinski definition) is 3. The summed E-state index contributed by atoms with van der Waals surface area (Å²) in [4.78, 5) is 12.0. The molecule has 2 unspecified atom stereocenters. The van der Waals surface area contributed by atoms with Crippen molar-refractivity contribution in [2.45, 2.75) is 96.4 Å². The van der Waals surface area contributed by atoms with Gasteiger partial charge in [-0.3, -0.25) is 0 Å². The van der Waals surface area contributed by atoms with Gasteiger partial charge < -0.3 is 15.4 Å². The molecule has 2 saturated carbocycles. The van der Waals surface area contributed by atoms with Gasteiger partial charge in [-0.25, -0.2) is 4.79 Å². The van der Waals surface area contributed by atoms with Crippen molar-refractivity contribution in [1.82, 2.24) is 10.6 Å². The van der Waals surface area contributed by atoms with Crippen molar-refractivity contribution in [3.05, 3.63) is 0 Å². The van der Waals surface area contributed by atoms with Crippen LogP contribution in [0.4, 0.5) is 4.79 Å². The number of ether oxygens (including phenoxy) is 1. The molecule has 1 amide bonds. The Morgan fingerprint density at radius 1 is 1.05 bits per heavy atom. The van der Waals surface area contributed by atoms with Crippen molar-refractivity contribution in [3.8, 4) is 0 Å². The van der Waals surface area contributed by atoms with Crippen molar-refractivity contribution < 1.29 is 9.53 Å². The van der Waals surface area contributed by atoms with Crippen LogP contribution in [-0.2, 0) is 4.74 Å². The maximum Gasteiger partial charge on any atom is 0.407 e. The Morgan fingerprint density at radius 2 is 1.67 bits per heavy atom. The van der Waals surface area contributed by atoms with Gasteiger partial charge in [0.1, 0.15) is 5.60 Å². The fourth-order valence-electron chi connectivity index (χ4n) is 3.48. The van der Waals surface area contributed by atoms with Crippen LogP contribution in [0, 0.1) is 5.92 Å². The van der Waals surface area contributed by atoms with Gasteiger partial charge in [0.05, 0.1) is 0 Å². The first-order valence-electron chi connectivity index (χ1n) is 8.59. The molecule has 2 N–H and O–H groups in total. The molecule has 0 aliphatic heterocycles. The third-order valence-corrected chi connectivity index (χ3v) is 4.54. The maximum absolute atomic E-state index is 12.0. The van der Waals surface area contributed by atoms with Gasteiger partial charge in [-0.05, 0) is 52.4 Å². The summed E-state index contributed by atoms with van der Waals surface area (Å²) in [5.74, 6) is 0.852. The first-order valence-corrected chi connectivity index (χ1v) is 8.59. The van der Waals surface area contributed by atoms with Gasteiger partial charge in [-0.1, -0.05) is 26.2 Å². The molecule has 0 aromatic carbocycles. The summed E-state index contributed by atoms with van der Waals surface area (Å²) in [5, 5.41) is 6.88. The second-order valence-corrected chi connectivity index (χ2v) is 7.94. The van der Waals surface area contributed by atoms with E-state index < -0.39 is 5.60 Å². The van der Waals surface area contributed by atoms with Crippen molar-refractivity contribution in [2.75, 3.05) is 0 Å². The molecule has 4 nitrogen and oxygen atoms in total. The summed E-state index contributed by atoms with van der Waals surface area (Å²) in [6, 6.07) is 1.25. The standard InChI is InChI=1S/C17H32N2O2/c1-12-10-13(11-12)18-14-8-6-5-7-9-15(14)19-16(20)21-17(2,3)4/h12-15,18H,5-11H2,1-4H3,(H,19,20). The number of carbonyl (C=O) groups excluding carboxylic acids is 1. The van der Waals surface area contributed by atoms with Gasteiger partial charge in [0.25, 0.3) is 0 Å². The molecule has 2 aliphatic carbocycles. The predicted molar refractivity (Wildman–Crippen MR) is 85.4 cm³/mol. The molecule has 21 heavy (non-hydrogen) atoms. The largest absolute Gasteiger partial charge is 0.444 e. The summed E-state index contributed by atoms with van der Waals surface area (Å²) in [7, 11) is 0. The molecule has 0 aromatic heterocycles. The van der Waals surface area contributed by atoms with Crippen LogP contribution in [0.25, 0.3) is 0 Å². The second-order valence-electron chi connectivity index (χ2n) is 7.94. The van der Waals surface area contributed by atoms with E-state index in [1.165, 1.54) is 32.1 Å². The molecular formula is C17H32N2O2. The Hall–Kier alpha value is -0.770. The molecule has 2 rings (SSSR count). The minimum Gasteiger partial charge on any atom is -0.444 e. The number of hydrogen-bond donors (Lipinski definition) is 2. The number of amides is 1. The Bertz CT molecular complexity index is 345. The molecule has 2 fully saturated rings. The third-order valence-electron chi connectivity index (χ3n) is 4.54. The van der Waals surface area contributed by atoms with Crippen LogP contribution < -0.4 is 10.6 Å². The van der Waals surface area contributed by atoms with Crippen LogP contribution in [0.3, 0.4) is 0 Å². The van der Waals surface area contributed by atoms with E-state index in [0.29, 0.717) is 12.1 Å². The second kappa shape index (κ2) is 6.99. The molecule has 0 heterocycles. The van der Waals surface area contributed by atoms with Crippen molar-refractivity contribution in [2.24, 2.45) is 5.92 Å². The minimum atomic E-state index is -0.429. The summed E-state index contributed by atoms with van der Waals surface area (Å²) in [5.41, 5.74) is -0.429. The zero-order chi connectivity index (χ0) is 15.5. The molecule has 4 heteroatoms. The molecule has 0 radical (unpaired) electrons. The Kier molecular flexibility index (Phi) is 5.53. The van der Waals surface area contributed by atoms with Crippen LogP contribution in [0.1, 0.15) is 72.6 Å². The van der Waals surface area contributed by atoms with Gasteiger partial charge in [0.2, 0.25) is 0 Å². The normalized spacial score (nSPS) is 33.7. The lowest BCUT2D eigenvalue weighted by Crippen LogP contribution is -2.55. The van der Waals surface area contributed by atoms with E-state index in [1.807, 2.05) is 20.8 Å². The summed E-state index contributed by atoms with van der Waals surface area (Å²) in [6.07, 6.45) is 8.21. The van der Waals surface area contributed by atoms with Crippen LogP contribution in [-0.4, -0.2) is 29.8 Å². The van der Waals surface area contributed by atoms with E-state index in [4.69, 9.17) is 4.74 Å². The van der Waals surface area contributed by atoms with E-state index in [1.54, 1.807) is 0 Å². The summed E-state index contributed by atoms with van der Waals surface area (Å²) >= 11 is 0. The first-order chi connectivity index (χ1) is 9.83. The van der Waals surface area contributed by atoms with Crippen molar-refractivity contribution in [1.29, 1.82) is 0 Å². The van der Waals surface area contributed by atoms with Gasteiger partial charge in [-0.15, -0.1) is 0 Å². The molecule has 0 aromatic rings. The lowest BCUT2D eigenvalue weighted by atomic mass is 9.81. The molecule has 2 aliphatic rings. The van der Waals surface area contributed by atoms with E-state index >= 15 is 0 Å². The van der Waals surface area contributed by atoms with E-state index in [0.717, 1.165) is 18.8 Å². The maximum atomic E-state index is 12.0. The van der Waals surface area contributed by atoms with Gasteiger partial charge in [-0.2, -0.15) is 0 Å². The summed E-state index contributed by atoms with van der Waals surface area (Å²) in [6.45, 7) is 8.03. The summed E-state index contributed by atoms with van der Waals surface area (Å²) < 4.78 is 5.41. The highest BCUT2D eigenvalue weighted by atomic mass is 16.6. The highest BCUT2D eigenvalue weighted by Crippen LogP contribution is 2.28. The highest BCUT2D eigenvalue weighted by Gasteiger charge is 2.32. The number of alkyl carbamates (subject to hydrolysis) is 1. The lowest BCUT2D eigenvalue weighted by molar-refractivity contribution is 0.0483. The third kappa shape index (κ3) is 5.50. The van der Waals surface area contributed by atoms with Gasteiger partial charge >= 0.3 is 6.09 Å².